The lowest BCUT2D eigenvalue weighted by Gasteiger charge is -1.98. The first-order chi connectivity index (χ1) is 6.75. The van der Waals surface area contributed by atoms with Gasteiger partial charge in [-0.1, -0.05) is 39.3 Å². The maximum atomic E-state index is 5.32. The van der Waals surface area contributed by atoms with E-state index in [-0.39, 0.29) is 6.01 Å². The van der Waals surface area contributed by atoms with Crippen LogP contribution in [0.3, 0.4) is 0 Å². The minimum Gasteiger partial charge on any atom is -0.351 e. The lowest BCUT2D eigenvalue weighted by molar-refractivity contribution is 0.428. The molecular formula is C9H8BrN3O. The number of nitrogen functional groups attached to an aromatic ring is 1. The third-order valence-electron chi connectivity index (χ3n) is 1.79. The number of nitrogens with zero attached hydrogens (tertiary/aromatic N) is 2. The standard InChI is InChI=1S/C9H8BrN3O/c10-7-4-2-1-3-6(7)5-8-12-9(11)14-13-8/h1-4H,5H2,(H2,11,12,13). The number of anilines is 1. The molecule has 0 radical (unpaired) electrons. The molecule has 5 heteroatoms. The summed E-state index contributed by atoms with van der Waals surface area (Å²) in [6.07, 6.45) is 0.613. The van der Waals surface area contributed by atoms with Gasteiger partial charge in [-0.2, -0.15) is 4.98 Å². The van der Waals surface area contributed by atoms with Gasteiger partial charge in [0.25, 0.3) is 0 Å². The number of benzene rings is 1. The van der Waals surface area contributed by atoms with Crippen LogP contribution in [0.4, 0.5) is 6.01 Å². The Morgan fingerprint density at radius 2 is 2.14 bits per heavy atom. The second-order valence-corrected chi connectivity index (χ2v) is 3.67. The molecule has 0 aliphatic carbocycles. The summed E-state index contributed by atoms with van der Waals surface area (Å²) in [7, 11) is 0. The van der Waals surface area contributed by atoms with E-state index in [0.29, 0.717) is 12.2 Å². The van der Waals surface area contributed by atoms with E-state index in [4.69, 9.17) is 5.73 Å². The Balaban J connectivity index is 2.23. The highest BCUT2D eigenvalue weighted by atomic mass is 79.9. The molecule has 1 aromatic carbocycles. The van der Waals surface area contributed by atoms with Gasteiger partial charge in [-0.25, -0.2) is 0 Å². The Kier molecular flexibility index (Phi) is 2.49. The zero-order valence-corrected chi connectivity index (χ0v) is 8.86. The Morgan fingerprint density at radius 3 is 2.79 bits per heavy atom. The summed E-state index contributed by atoms with van der Waals surface area (Å²) in [5.41, 5.74) is 6.42. The molecule has 2 rings (SSSR count). The van der Waals surface area contributed by atoms with Gasteiger partial charge in [-0.3, -0.25) is 0 Å². The molecule has 0 aliphatic rings. The van der Waals surface area contributed by atoms with Gasteiger partial charge in [0, 0.05) is 10.9 Å². The molecule has 0 saturated carbocycles. The van der Waals surface area contributed by atoms with Crippen molar-refractivity contribution in [1.29, 1.82) is 0 Å². The molecule has 1 aromatic heterocycles. The summed E-state index contributed by atoms with van der Waals surface area (Å²) in [4.78, 5) is 3.93. The first-order valence-electron chi connectivity index (χ1n) is 4.07. The maximum absolute atomic E-state index is 5.32. The van der Waals surface area contributed by atoms with Crippen molar-refractivity contribution in [2.75, 3.05) is 5.73 Å². The Morgan fingerprint density at radius 1 is 1.36 bits per heavy atom. The molecule has 2 aromatic rings. The van der Waals surface area contributed by atoms with Crippen molar-refractivity contribution >= 4 is 21.9 Å². The summed E-state index contributed by atoms with van der Waals surface area (Å²) in [5, 5.41) is 3.72. The third-order valence-corrected chi connectivity index (χ3v) is 2.56. The number of rotatable bonds is 2. The Hall–Kier alpha value is -1.36. The molecule has 72 valence electrons. The SMILES string of the molecule is Nc1nc(Cc2ccccc2Br)no1. The largest absolute Gasteiger partial charge is 0.351 e. The first kappa shape index (κ1) is 9.21. The highest BCUT2D eigenvalue weighted by Crippen LogP contribution is 2.18. The van der Waals surface area contributed by atoms with Gasteiger partial charge in [0.15, 0.2) is 5.82 Å². The monoisotopic (exact) mass is 253 g/mol. The summed E-state index contributed by atoms with van der Waals surface area (Å²) in [5.74, 6) is 0.592. The fourth-order valence-electron chi connectivity index (χ4n) is 1.15. The van der Waals surface area contributed by atoms with Crippen LogP contribution >= 0.6 is 15.9 Å². The molecule has 0 spiro atoms. The van der Waals surface area contributed by atoms with Crippen LogP contribution in [0.5, 0.6) is 0 Å². The van der Waals surface area contributed by atoms with Crippen molar-refractivity contribution in [2.24, 2.45) is 0 Å². The number of hydrogen-bond acceptors (Lipinski definition) is 4. The fourth-order valence-corrected chi connectivity index (χ4v) is 1.58. The average Bonchev–Trinajstić information content (AvgIpc) is 2.56. The second-order valence-electron chi connectivity index (χ2n) is 2.82. The molecule has 0 aliphatic heterocycles. The van der Waals surface area contributed by atoms with E-state index < -0.39 is 0 Å². The quantitative estimate of drug-likeness (QED) is 0.890. The van der Waals surface area contributed by atoms with Gasteiger partial charge in [0.05, 0.1) is 0 Å². The average molecular weight is 254 g/mol. The van der Waals surface area contributed by atoms with Crippen LogP contribution in [-0.4, -0.2) is 10.1 Å². The van der Waals surface area contributed by atoms with Crippen molar-refractivity contribution in [3.05, 3.63) is 40.1 Å². The molecule has 4 nitrogen and oxygen atoms in total. The minimum absolute atomic E-state index is 0.104. The number of nitrogens with two attached hydrogens (primary N) is 1. The molecule has 0 fully saturated rings. The van der Waals surface area contributed by atoms with Crippen molar-refractivity contribution in [3.63, 3.8) is 0 Å². The van der Waals surface area contributed by atoms with Crippen LogP contribution in [0.15, 0.2) is 33.3 Å². The summed E-state index contributed by atoms with van der Waals surface area (Å²) >= 11 is 3.44. The zero-order chi connectivity index (χ0) is 9.97. The van der Waals surface area contributed by atoms with Gasteiger partial charge < -0.3 is 10.3 Å². The molecular weight excluding hydrogens is 246 g/mol. The number of aromatic nitrogens is 2. The molecule has 0 saturated heterocycles. The van der Waals surface area contributed by atoms with Crippen LogP contribution in [0, 0.1) is 0 Å². The number of halogens is 1. The Labute approximate surface area is 89.2 Å². The third kappa shape index (κ3) is 1.93. The molecule has 0 bridgehead atoms. The van der Waals surface area contributed by atoms with Gasteiger partial charge in [0.2, 0.25) is 0 Å². The van der Waals surface area contributed by atoms with Crippen molar-refractivity contribution in [1.82, 2.24) is 10.1 Å². The van der Waals surface area contributed by atoms with Crippen molar-refractivity contribution < 1.29 is 4.52 Å². The predicted octanol–water partition coefficient (Wildman–Crippen LogP) is 2.01. The predicted molar refractivity (Wildman–Crippen MR) is 55.7 cm³/mol. The highest BCUT2D eigenvalue weighted by Gasteiger charge is 2.05. The van der Waals surface area contributed by atoms with E-state index in [0.717, 1.165) is 10.0 Å². The van der Waals surface area contributed by atoms with Gasteiger partial charge >= 0.3 is 6.01 Å². The van der Waals surface area contributed by atoms with Gasteiger partial charge in [-0.05, 0) is 11.6 Å². The van der Waals surface area contributed by atoms with Gasteiger partial charge in [-0.15, -0.1) is 0 Å². The Bertz CT molecular complexity index is 441. The van der Waals surface area contributed by atoms with Crippen LogP contribution in [0.25, 0.3) is 0 Å². The lowest BCUT2D eigenvalue weighted by atomic mass is 10.1. The summed E-state index contributed by atoms with van der Waals surface area (Å²) in [6, 6.07) is 7.99. The van der Waals surface area contributed by atoms with Crippen LogP contribution in [0.2, 0.25) is 0 Å². The summed E-state index contributed by atoms with van der Waals surface area (Å²) in [6.45, 7) is 0. The van der Waals surface area contributed by atoms with E-state index in [1.165, 1.54) is 0 Å². The second kappa shape index (κ2) is 3.79. The molecule has 2 N–H and O–H groups in total. The first-order valence-corrected chi connectivity index (χ1v) is 4.86. The van der Waals surface area contributed by atoms with Crippen LogP contribution in [0.1, 0.15) is 11.4 Å². The zero-order valence-electron chi connectivity index (χ0n) is 7.27. The topological polar surface area (TPSA) is 64.9 Å². The lowest BCUT2D eigenvalue weighted by Crippen LogP contribution is -1.92. The van der Waals surface area contributed by atoms with Crippen LogP contribution in [-0.2, 0) is 6.42 Å². The van der Waals surface area contributed by atoms with Crippen molar-refractivity contribution in [2.45, 2.75) is 6.42 Å². The number of hydrogen-bond donors (Lipinski definition) is 1. The van der Waals surface area contributed by atoms with E-state index in [1.807, 2.05) is 24.3 Å². The van der Waals surface area contributed by atoms with Crippen LogP contribution < -0.4 is 5.73 Å². The van der Waals surface area contributed by atoms with E-state index in [2.05, 4.69) is 30.6 Å². The normalized spacial score (nSPS) is 10.4. The van der Waals surface area contributed by atoms with Crippen molar-refractivity contribution in [3.8, 4) is 0 Å². The van der Waals surface area contributed by atoms with E-state index in [9.17, 15) is 0 Å². The summed E-state index contributed by atoms with van der Waals surface area (Å²) < 4.78 is 5.71. The highest BCUT2D eigenvalue weighted by molar-refractivity contribution is 9.10. The smallest absolute Gasteiger partial charge is 0.318 e. The van der Waals surface area contributed by atoms with Gasteiger partial charge in [0.1, 0.15) is 0 Å². The molecule has 0 unspecified atom stereocenters. The fraction of sp³-hybridized carbons (Fsp3) is 0.111. The maximum Gasteiger partial charge on any atom is 0.318 e. The van der Waals surface area contributed by atoms with E-state index >= 15 is 0 Å². The molecule has 0 atom stereocenters. The molecule has 1 heterocycles. The molecule has 14 heavy (non-hydrogen) atoms. The van der Waals surface area contributed by atoms with E-state index in [1.54, 1.807) is 0 Å². The minimum atomic E-state index is 0.104. The molecule has 0 amide bonds.